The highest BCUT2D eigenvalue weighted by Crippen LogP contribution is 2.20. The van der Waals surface area contributed by atoms with Crippen LogP contribution >= 0.6 is 0 Å². The van der Waals surface area contributed by atoms with Crippen LogP contribution in [0.15, 0.2) is 24.3 Å². The molecule has 0 radical (unpaired) electrons. The van der Waals surface area contributed by atoms with Crippen molar-refractivity contribution in [1.82, 2.24) is 5.32 Å². The number of aliphatic carboxylic acids is 1. The van der Waals surface area contributed by atoms with E-state index in [0.717, 1.165) is 5.56 Å². The van der Waals surface area contributed by atoms with Crippen LogP contribution in [0.2, 0.25) is 0 Å². The minimum Gasteiger partial charge on any atom is -0.481 e. The highest BCUT2D eigenvalue weighted by atomic mass is 16.6. The molecule has 0 aromatic heterocycles. The van der Waals surface area contributed by atoms with Crippen LogP contribution in [0.4, 0.5) is 4.79 Å². The maximum atomic E-state index is 11.5. The second kappa shape index (κ2) is 9.39. The molecule has 0 bridgehead atoms. The zero-order valence-corrected chi connectivity index (χ0v) is 14.9. The number of amides is 1. The fourth-order valence-corrected chi connectivity index (χ4v) is 2.15. The number of aliphatic hydroxyl groups excluding tert-OH is 2. The fraction of sp³-hybridized carbons (Fsp3) is 0.556. The summed E-state index contributed by atoms with van der Waals surface area (Å²) in [4.78, 5) is 22.1. The van der Waals surface area contributed by atoms with Gasteiger partial charge in [0.05, 0.1) is 6.10 Å². The summed E-state index contributed by atoms with van der Waals surface area (Å²) in [5.74, 6) is -0.864. The molecule has 1 aromatic rings. The second-order valence-corrected chi connectivity index (χ2v) is 6.86. The number of alkyl carbamates (subject to hydrolysis) is 1. The summed E-state index contributed by atoms with van der Waals surface area (Å²) in [6.45, 7) is 5.44. The van der Waals surface area contributed by atoms with E-state index in [1.54, 1.807) is 45.0 Å². The van der Waals surface area contributed by atoms with Gasteiger partial charge in [-0.05, 0) is 44.7 Å². The molecule has 0 fully saturated rings. The van der Waals surface area contributed by atoms with E-state index in [4.69, 9.17) is 9.84 Å². The van der Waals surface area contributed by atoms with Gasteiger partial charge in [-0.3, -0.25) is 4.79 Å². The van der Waals surface area contributed by atoms with Crippen molar-refractivity contribution in [3.05, 3.63) is 35.4 Å². The Bertz CT molecular complexity index is 564. The van der Waals surface area contributed by atoms with E-state index >= 15 is 0 Å². The first-order chi connectivity index (χ1) is 11.6. The maximum absolute atomic E-state index is 11.5. The van der Waals surface area contributed by atoms with Crippen molar-refractivity contribution in [2.45, 2.75) is 57.8 Å². The second-order valence-electron chi connectivity index (χ2n) is 6.86. The lowest BCUT2D eigenvalue weighted by Crippen LogP contribution is -2.34. The number of carbonyl (C=O) groups is 2. The van der Waals surface area contributed by atoms with Crippen molar-refractivity contribution in [1.29, 1.82) is 0 Å². The molecule has 140 valence electrons. The lowest BCUT2D eigenvalue weighted by atomic mass is 9.99. The number of benzene rings is 1. The number of aliphatic hydroxyl groups is 2. The molecule has 0 saturated carbocycles. The van der Waals surface area contributed by atoms with E-state index in [-0.39, 0.29) is 19.4 Å². The molecular weight excluding hydrogens is 326 g/mol. The van der Waals surface area contributed by atoms with Crippen LogP contribution in [0, 0.1) is 0 Å². The van der Waals surface area contributed by atoms with Gasteiger partial charge >= 0.3 is 12.1 Å². The van der Waals surface area contributed by atoms with Gasteiger partial charge in [0.2, 0.25) is 0 Å². The van der Waals surface area contributed by atoms with Crippen LogP contribution in [0.1, 0.15) is 50.8 Å². The molecule has 4 N–H and O–H groups in total. The lowest BCUT2D eigenvalue weighted by molar-refractivity contribution is -0.136. The Hall–Kier alpha value is -2.12. The van der Waals surface area contributed by atoms with Crippen LogP contribution in [0.3, 0.4) is 0 Å². The number of hydrogen-bond donors (Lipinski definition) is 4. The largest absolute Gasteiger partial charge is 0.481 e. The fourth-order valence-electron chi connectivity index (χ4n) is 2.15. The number of ether oxygens (including phenoxy) is 1. The first kappa shape index (κ1) is 20.9. The van der Waals surface area contributed by atoms with Gasteiger partial charge in [0.15, 0.2) is 0 Å². The SMILES string of the molecule is CC(C)(C)OC(=O)NCCC(O)C(O)c1ccc(CCC(=O)O)cc1. The monoisotopic (exact) mass is 353 g/mol. The van der Waals surface area contributed by atoms with Gasteiger partial charge in [0.25, 0.3) is 0 Å². The van der Waals surface area contributed by atoms with Crippen LogP contribution in [0.25, 0.3) is 0 Å². The van der Waals surface area contributed by atoms with Gasteiger partial charge in [0, 0.05) is 13.0 Å². The van der Waals surface area contributed by atoms with Crippen molar-refractivity contribution >= 4 is 12.1 Å². The number of aryl methyl sites for hydroxylation is 1. The number of hydrogen-bond acceptors (Lipinski definition) is 5. The molecule has 0 aliphatic rings. The van der Waals surface area contributed by atoms with Gasteiger partial charge in [-0.2, -0.15) is 0 Å². The van der Waals surface area contributed by atoms with Crippen molar-refractivity contribution in [3.63, 3.8) is 0 Å². The third kappa shape index (κ3) is 8.51. The Morgan fingerprint density at radius 3 is 2.28 bits per heavy atom. The Morgan fingerprint density at radius 1 is 1.16 bits per heavy atom. The zero-order valence-electron chi connectivity index (χ0n) is 14.9. The summed E-state index contributed by atoms with van der Waals surface area (Å²) in [6, 6.07) is 6.78. The van der Waals surface area contributed by atoms with Gasteiger partial charge in [0.1, 0.15) is 11.7 Å². The molecule has 2 atom stereocenters. The molecule has 1 aromatic carbocycles. The molecule has 0 aliphatic heterocycles. The number of carboxylic acid groups (broad SMARTS) is 1. The number of carbonyl (C=O) groups excluding carboxylic acids is 1. The standard InChI is InChI=1S/C18H27NO6/c1-18(2,3)25-17(24)19-11-10-14(20)16(23)13-7-4-12(5-8-13)6-9-15(21)22/h4-5,7-8,14,16,20,23H,6,9-11H2,1-3H3,(H,19,24)(H,21,22). The van der Waals surface area contributed by atoms with E-state index in [0.29, 0.717) is 12.0 Å². The van der Waals surface area contributed by atoms with E-state index < -0.39 is 29.9 Å². The van der Waals surface area contributed by atoms with Crippen molar-refractivity contribution in [2.24, 2.45) is 0 Å². The molecule has 1 amide bonds. The Balaban J connectivity index is 2.43. The van der Waals surface area contributed by atoms with Crippen LogP contribution in [-0.4, -0.2) is 45.6 Å². The lowest BCUT2D eigenvalue weighted by Gasteiger charge is -2.21. The first-order valence-electron chi connectivity index (χ1n) is 8.22. The molecule has 2 unspecified atom stereocenters. The molecule has 1 rings (SSSR count). The third-order valence-electron chi connectivity index (χ3n) is 3.42. The Kier molecular flexibility index (Phi) is 7.86. The summed E-state index contributed by atoms with van der Waals surface area (Å²) in [5.41, 5.74) is 0.785. The summed E-state index contributed by atoms with van der Waals surface area (Å²) >= 11 is 0. The van der Waals surface area contributed by atoms with Crippen LogP contribution in [-0.2, 0) is 16.0 Å². The Morgan fingerprint density at radius 2 is 1.76 bits per heavy atom. The smallest absolute Gasteiger partial charge is 0.407 e. The predicted molar refractivity (Wildman–Crippen MR) is 92.2 cm³/mol. The average Bonchev–Trinajstić information content (AvgIpc) is 2.50. The van der Waals surface area contributed by atoms with Gasteiger partial charge in [-0.25, -0.2) is 4.79 Å². The van der Waals surface area contributed by atoms with E-state index in [9.17, 15) is 19.8 Å². The van der Waals surface area contributed by atoms with Crippen LogP contribution in [0.5, 0.6) is 0 Å². The number of carboxylic acids is 1. The molecule has 0 aliphatic carbocycles. The predicted octanol–water partition coefficient (Wildman–Crippen LogP) is 2.01. The van der Waals surface area contributed by atoms with E-state index in [1.807, 2.05) is 0 Å². The quantitative estimate of drug-likeness (QED) is 0.568. The highest BCUT2D eigenvalue weighted by Gasteiger charge is 2.20. The normalized spacial score (nSPS) is 13.8. The molecule has 0 spiro atoms. The minimum atomic E-state index is -1.09. The summed E-state index contributed by atoms with van der Waals surface area (Å²) in [7, 11) is 0. The first-order valence-corrected chi connectivity index (χ1v) is 8.22. The molecule has 0 saturated heterocycles. The summed E-state index contributed by atoms with van der Waals surface area (Å²) in [5, 5.41) is 31.4. The highest BCUT2D eigenvalue weighted by molar-refractivity contribution is 5.67. The molecule has 7 heteroatoms. The van der Waals surface area contributed by atoms with Crippen molar-refractivity contribution in [2.75, 3.05) is 6.54 Å². The van der Waals surface area contributed by atoms with Gasteiger partial charge in [-0.1, -0.05) is 24.3 Å². The maximum Gasteiger partial charge on any atom is 0.407 e. The minimum absolute atomic E-state index is 0.0425. The van der Waals surface area contributed by atoms with E-state index in [1.165, 1.54) is 0 Å². The number of rotatable bonds is 8. The van der Waals surface area contributed by atoms with E-state index in [2.05, 4.69) is 5.32 Å². The van der Waals surface area contributed by atoms with Gasteiger partial charge < -0.3 is 25.4 Å². The number of nitrogens with one attached hydrogen (secondary N) is 1. The van der Waals surface area contributed by atoms with Gasteiger partial charge in [-0.15, -0.1) is 0 Å². The van der Waals surface area contributed by atoms with Crippen molar-refractivity contribution < 1.29 is 29.6 Å². The summed E-state index contributed by atoms with van der Waals surface area (Å²) in [6.07, 6.45) is -2.08. The topological polar surface area (TPSA) is 116 Å². The van der Waals surface area contributed by atoms with Crippen LogP contribution < -0.4 is 5.32 Å². The molecular formula is C18H27NO6. The Labute approximate surface area is 147 Å². The zero-order chi connectivity index (χ0) is 19.0. The molecule has 25 heavy (non-hydrogen) atoms. The summed E-state index contributed by atoms with van der Waals surface area (Å²) < 4.78 is 5.08. The van der Waals surface area contributed by atoms with Crippen molar-refractivity contribution in [3.8, 4) is 0 Å². The third-order valence-corrected chi connectivity index (χ3v) is 3.42. The molecule has 7 nitrogen and oxygen atoms in total. The molecule has 0 heterocycles. The average molecular weight is 353 g/mol.